The second-order valence-corrected chi connectivity index (χ2v) is 5.30. The van der Waals surface area contributed by atoms with Gasteiger partial charge in [0.05, 0.1) is 22.4 Å². The average Bonchev–Trinajstić information content (AvgIpc) is 2.74. The van der Waals surface area contributed by atoms with Gasteiger partial charge < -0.3 is 5.11 Å². The predicted octanol–water partition coefficient (Wildman–Crippen LogP) is 3.15. The lowest BCUT2D eigenvalue weighted by atomic mass is 10.1. The Hall–Kier alpha value is -2.66. The van der Waals surface area contributed by atoms with E-state index in [1.165, 1.54) is 18.2 Å². The highest BCUT2D eigenvalue weighted by molar-refractivity contribution is 6.36. The van der Waals surface area contributed by atoms with Crippen LogP contribution >= 0.6 is 11.6 Å². The molecule has 0 unspecified atom stereocenters. The smallest absolute Gasteiger partial charge is 0.335 e. The lowest BCUT2D eigenvalue weighted by Gasteiger charge is -2.17. The number of nitrogens with zero attached hydrogens (tertiary/aromatic N) is 1. The summed E-state index contributed by atoms with van der Waals surface area (Å²) in [5, 5.41) is 9.45. The molecule has 3 rings (SSSR count). The van der Waals surface area contributed by atoms with Crippen LogP contribution in [0.25, 0.3) is 0 Å². The highest BCUT2D eigenvalue weighted by Crippen LogP contribution is 2.33. The maximum Gasteiger partial charge on any atom is 0.335 e. The molecule has 5 nitrogen and oxygen atoms in total. The molecule has 0 aliphatic carbocycles. The number of carbonyl (C=O) groups excluding carboxylic acids is 2. The van der Waals surface area contributed by atoms with E-state index >= 15 is 0 Å². The van der Waals surface area contributed by atoms with Crippen LogP contribution in [-0.2, 0) is 0 Å². The van der Waals surface area contributed by atoms with Gasteiger partial charge in [-0.2, -0.15) is 0 Å². The molecule has 2 aromatic carbocycles. The molecule has 1 heterocycles. The van der Waals surface area contributed by atoms with Crippen LogP contribution in [0, 0.1) is 6.92 Å². The minimum atomic E-state index is -1.15. The zero-order valence-electron chi connectivity index (χ0n) is 11.5. The number of amides is 2. The maximum atomic E-state index is 12.5. The van der Waals surface area contributed by atoms with Gasteiger partial charge in [0.15, 0.2) is 0 Å². The van der Waals surface area contributed by atoms with Crippen molar-refractivity contribution in [2.24, 2.45) is 0 Å². The monoisotopic (exact) mass is 315 g/mol. The van der Waals surface area contributed by atoms with E-state index in [-0.39, 0.29) is 16.7 Å². The van der Waals surface area contributed by atoms with Crippen molar-refractivity contribution in [3.05, 3.63) is 63.7 Å². The summed E-state index contributed by atoms with van der Waals surface area (Å²) in [4.78, 5) is 37.0. The Balaban J connectivity index is 2.14. The molecule has 2 amide bonds. The summed E-state index contributed by atoms with van der Waals surface area (Å²) in [5.74, 6) is -2.18. The fourth-order valence-electron chi connectivity index (χ4n) is 2.43. The van der Waals surface area contributed by atoms with Gasteiger partial charge in [-0.1, -0.05) is 17.7 Å². The van der Waals surface area contributed by atoms with Crippen molar-refractivity contribution in [2.45, 2.75) is 6.92 Å². The Morgan fingerprint density at radius 2 is 1.77 bits per heavy atom. The molecular weight excluding hydrogens is 306 g/mol. The molecule has 0 saturated carbocycles. The Morgan fingerprint density at radius 1 is 1.09 bits per heavy atom. The van der Waals surface area contributed by atoms with Gasteiger partial charge in [-0.3, -0.25) is 9.59 Å². The van der Waals surface area contributed by atoms with Crippen molar-refractivity contribution in [2.75, 3.05) is 4.90 Å². The molecule has 1 aliphatic rings. The van der Waals surface area contributed by atoms with Crippen molar-refractivity contribution in [3.8, 4) is 0 Å². The van der Waals surface area contributed by atoms with Gasteiger partial charge in [-0.15, -0.1) is 0 Å². The van der Waals surface area contributed by atoms with Gasteiger partial charge in [-0.05, 0) is 42.8 Å². The van der Waals surface area contributed by atoms with Crippen LogP contribution in [0.1, 0.15) is 36.6 Å². The fraction of sp³-hybridized carbons (Fsp3) is 0.0625. The highest BCUT2D eigenvalue weighted by Gasteiger charge is 2.37. The number of hydrogen-bond donors (Lipinski definition) is 1. The Labute approximate surface area is 130 Å². The Kier molecular flexibility index (Phi) is 3.22. The van der Waals surface area contributed by atoms with Crippen molar-refractivity contribution in [1.29, 1.82) is 0 Å². The standard InChI is InChI=1S/C16H10ClNO4/c1-8-12(17)3-2-4-13(8)18-14(19)10-6-5-9(16(21)22)7-11(10)15(18)20/h2-7H,1H3,(H,21,22). The van der Waals surface area contributed by atoms with Crippen molar-refractivity contribution in [1.82, 2.24) is 0 Å². The summed E-state index contributed by atoms with van der Waals surface area (Å²) in [7, 11) is 0. The molecule has 0 saturated heterocycles. The molecule has 0 aromatic heterocycles. The second-order valence-electron chi connectivity index (χ2n) is 4.90. The number of carbonyl (C=O) groups is 3. The molecule has 1 N–H and O–H groups in total. The Bertz CT molecular complexity index is 844. The van der Waals surface area contributed by atoms with Crippen LogP contribution in [0.5, 0.6) is 0 Å². The minimum absolute atomic E-state index is 0.0374. The SMILES string of the molecule is Cc1c(Cl)cccc1N1C(=O)c2ccc(C(=O)O)cc2C1=O. The molecule has 110 valence electrons. The van der Waals surface area contributed by atoms with E-state index in [1.54, 1.807) is 25.1 Å². The maximum absolute atomic E-state index is 12.5. The van der Waals surface area contributed by atoms with Gasteiger partial charge in [0, 0.05) is 5.02 Å². The number of rotatable bonds is 2. The van der Waals surface area contributed by atoms with Crippen LogP contribution in [0.2, 0.25) is 5.02 Å². The topological polar surface area (TPSA) is 74.7 Å². The minimum Gasteiger partial charge on any atom is -0.478 e. The summed E-state index contributed by atoms with van der Waals surface area (Å²) in [6, 6.07) is 8.83. The number of hydrogen-bond acceptors (Lipinski definition) is 3. The molecule has 2 aromatic rings. The van der Waals surface area contributed by atoms with Gasteiger partial charge in [-0.25, -0.2) is 9.69 Å². The number of benzene rings is 2. The number of aromatic carboxylic acids is 1. The molecule has 0 spiro atoms. The molecular formula is C16H10ClNO4. The first-order chi connectivity index (χ1) is 10.4. The van der Waals surface area contributed by atoms with Crippen molar-refractivity contribution in [3.63, 3.8) is 0 Å². The molecule has 0 radical (unpaired) electrons. The molecule has 0 atom stereocenters. The van der Waals surface area contributed by atoms with E-state index in [0.29, 0.717) is 16.3 Å². The van der Waals surface area contributed by atoms with Gasteiger partial charge >= 0.3 is 5.97 Å². The van der Waals surface area contributed by atoms with E-state index in [0.717, 1.165) is 4.90 Å². The third kappa shape index (κ3) is 1.98. The summed E-state index contributed by atoms with van der Waals surface area (Å²) in [5.41, 5.74) is 1.25. The van der Waals surface area contributed by atoms with Crippen molar-refractivity contribution < 1.29 is 19.5 Å². The van der Waals surface area contributed by atoms with E-state index in [2.05, 4.69) is 0 Å². The fourth-order valence-corrected chi connectivity index (χ4v) is 2.60. The largest absolute Gasteiger partial charge is 0.478 e. The quantitative estimate of drug-likeness (QED) is 0.864. The third-order valence-corrected chi connectivity index (χ3v) is 4.02. The first kappa shape index (κ1) is 14.3. The second kappa shape index (κ2) is 4.96. The molecule has 1 aliphatic heterocycles. The first-order valence-electron chi connectivity index (χ1n) is 6.43. The van der Waals surface area contributed by atoms with Crippen LogP contribution in [0.3, 0.4) is 0 Å². The van der Waals surface area contributed by atoms with E-state index in [9.17, 15) is 14.4 Å². The number of imide groups is 1. The zero-order chi connectivity index (χ0) is 16.0. The highest BCUT2D eigenvalue weighted by atomic mass is 35.5. The van der Waals surface area contributed by atoms with E-state index in [4.69, 9.17) is 16.7 Å². The summed E-state index contributed by atoms with van der Waals surface area (Å²) in [6.07, 6.45) is 0. The summed E-state index contributed by atoms with van der Waals surface area (Å²) in [6.45, 7) is 1.71. The third-order valence-electron chi connectivity index (χ3n) is 3.61. The average molecular weight is 316 g/mol. The molecule has 0 fully saturated rings. The van der Waals surface area contributed by atoms with E-state index in [1.807, 2.05) is 0 Å². The van der Waals surface area contributed by atoms with Gasteiger partial charge in [0.2, 0.25) is 0 Å². The summed E-state index contributed by atoms with van der Waals surface area (Å²) < 4.78 is 0. The van der Waals surface area contributed by atoms with Gasteiger partial charge in [0.25, 0.3) is 11.8 Å². The normalized spacial score (nSPS) is 13.5. The molecule has 22 heavy (non-hydrogen) atoms. The van der Waals surface area contributed by atoms with Crippen LogP contribution in [-0.4, -0.2) is 22.9 Å². The number of carboxylic acid groups (broad SMARTS) is 1. The number of carboxylic acids is 1. The molecule has 6 heteroatoms. The van der Waals surface area contributed by atoms with Crippen LogP contribution < -0.4 is 4.90 Å². The predicted molar refractivity (Wildman–Crippen MR) is 80.7 cm³/mol. The Morgan fingerprint density at radius 3 is 2.45 bits per heavy atom. The number of halogens is 1. The van der Waals surface area contributed by atoms with Crippen LogP contribution in [0.4, 0.5) is 5.69 Å². The first-order valence-corrected chi connectivity index (χ1v) is 6.81. The number of anilines is 1. The lowest BCUT2D eigenvalue weighted by Crippen LogP contribution is -2.30. The number of fused-ring (bicyclic) bond motifs is 1. The zero-order valence-corrected chi connectivity index (χ0v) is 12.2. The van der Waals surface area contributed by atoms with Crippen molar-refractivity contribution >= 4 is 35.1 Å². The van der Waals surface area contributed by atoms with E-state index < -0.39 is 17.8 Å². The van der Waals surface area contributed by atoms with Gasteiger partial charge in [0.1, 0.15) is 0 Å². The summed E-state index contributed by atoms with van der Waals surface area (Å²) >= 11 is 6.04. The van der Waals surface area contributed by atoms with Crippen LogP contribution in [0.15, 0.2) is 36.4 Å². The molecule has 0 bridgehead atoms. The lowest BCUT2D eigenvalue weighted by molar-refractivity contribution is 0.0696.